The van der Waals surface area contributed by atoms with E-state index in [0.717, 1.165) is 12.8 Å². The molecule has 0 saturated heterocycles. The lowest BCUT2D eigenvalue weighted by atomic mass is 10.1. The van der Waals surface area contributed by atoms with Gasteiger partial charge in [-0.15, -0.1) is 0 Å². The van der Waals surface area contributed by atoms with E-state index in [4.69, 9.17) is 5.11 Å². The fraction of sp³-hybridized carbons (Fsp3) is 0.769. The highest BCUT2D eigenvalue weighted by molar-refractivity contribution is 5.91. The third-order valence-electron chi connectivity index (χ3n) is 4.05. The Morgan fingerprint density at radius 3 is 2.00 bits per heavy atom. The molecule has 106 valence electrons. The molecule has 2 atom stereocenters. The summed E-state index contributed by atoms with van der Waals surface area (Å²) in [5.41, 5.74) is -0.479. The number of carboxylic acids is 1. The molecule has 0 radical (unpaired) electrons. The Morgan fingerprint density at radius 1 is 1.05 bits per heavy atom. The maximum absolute atomic E-state index is 11.8. The molecular weight excluding hydrogens is 248 g/mol. The normalized spacial score (nSPS) is 27.5. The maximum Gasteiger partial charge on any atom is 0.307 e. The monoisotopic (exact) mass is 268 g/mol. The molecule has 0 aromatic rings. The number of hydrogen-bond donors (Lipinski definition) is 3. The Bertz CT molecular complexity index is 415. The first-order valence-electron chi connectivity index (χ1n) is 6.64. The second kappa shape index (κ2) is 4.83. The van der Waals surface area contributed by atoms with Gasteiger partial charge in [0.05, 0.1) is 11.8 Å². The van der Waals surface area contributed by atoms with E-state index in [9.17, 15) is 14.4 Å². The number of nitrogens with one attached hydrogen (secondary N) is 2. The van der Waals surface area contributed by atoms with Crippen molar-refractivity contribution in [1.29, 1.82) is 0 Å². The second-order valence-electron chi connectivity index (χ2n) is 5.97. The summed E-state index contributed by atoms with van der Waals surface area (Å²) in [6.07, 6.45) is 1.91. The Labute approximate surface area is 111 Å². The molecule has 0 spiro atoms. The number of carbonyl (C=O) groups excluding carboxylic acids is 2. The standard InChI is InChI=1S/C13H20N2O4/c1-13(2)8(9(13)12(18)19)11(17)15-6-5-14-10(16)7-3-4-7/h7-9H,3-6H2,1-2H3,(H,14,16)(H,15,17)(H,18,19). The topological polar surface area (TPSA) is 95.5 Å². The molecule has 6 heteroatoms. The van der Waals surface area contributed by atoms with E-state index in [1.807, 2.05) is 0 Å². The van der Waals surface area contributed by atoms with Crippen LogP contribution in [-0.4, -0.2) is 36.0 Å². The fourth-order valence-corrected chi connectivity index (χ4v) is 2.56. The molecule has 0 aromatic heterocycles. The Hall–Kier alpha value is -1.59. The first-order chi connectivity index (χ1) is 8.85. The number of carboxylic acid groups (broad SMARTS) is 1. The number of amides is 2. The van der Waals surface area contributed by atoms with Gasteiger partial charge in [-0.1, -0.05) is 13.8 Å². The van der Waals surface area contributed by atoms with E-state index < -0.39 is 23.2 Å². The van der Waals surface area contributed by atoms with Crippen LogP contribution in [0.25, 0.3) is 0 Å². The van der Waals surface area contributed by atoms with Crippen LogP contribution in [-0.2, 0) is 14.4 Å². The molecule has 2 amide bonds. The summed E-state index contributed by atoms with van der Waals surface area (Å²) < 4.78 is 0. The van der Waals surface area contributed by atoms with E-state index in [2.05, 4.69) is 10.6 Å². The molecule has 2 aliphatic carbocycles. The number of carbonyl (C=O) groups is 3. The van der Waals surface area contributed by atoms with E-state index in [0.29, 0.717) is 13.1 Å². The van der Waals surface area contributed by atoms with Gasteiger partial charge in [0, 0.05) is 19.0 Å². The number of rotatable bonds is 6. The van der Waals surface area contributed by atoms with Gasteiger partial charge < -0.3 is 15.7 Å². The van der Waals surface area contributed by atoms with Gasteiger partial charge in [0.2, 0.25) is 11.8 Å². The molecular formula is C13H20N2O4. The largest absolute Gasteiger partial charge is 0.481 e. The third-order valence-corrected chi connectivity index (χ3v) is 4.05. The van der Waals surface area contributed by atoms with Gasteiger partial charge in [-0.05, 0) is 18.3 Å². The molecule has 19 heavy (non-hydrogen) atoms. The lowest BCUT2D eigenvalue weighted by Gasteiger charge is -2.07. The zero-order valence-electron chi connectivity index (χ0n) is 11.2. The second-order valence-corrected chi connectivity index (χ2v) is 5.97. The lowest BCUT2D eigenvalue weighted by Crippen LogP contribution is -2.36. The molecule has 6 nitrogen and oxygen atoms in total. The summed E-state index contributed by atoms with van der Waals surface area (Å²) in [5.74, 6) is -2.03. The van der Waals surface area contributed by atoms with Crippen molar-refractivity contribution in [2.24, 2.45) is 23.2 Å². The maximum atomic E-state index is 11.8. The predicted molar refractivity (Wildman–Crippen MR) is 67.1 cm³/mol. The van der Waals surface area contributed by atoms with Crippen molar-refractivity contribution in [2.45, 2.75) is 26.7 Å². The van der Waals surface area contributed by atoms with E-state index >= 15 is 0 Å². The highest BCUT2D eigenvalue weighted by atomic mass is 16.4. The van der Waals surface area contributed by atoms with Crippen LogP contribution in [0, 0.1) is 23.2 Å². The van der Waals surface area contributed by atoms with Crippen molar-refractivity contribution in [2.75, 3.05) is 13.1 Å². The van der Waals surface area contributed by atoms with Crippen LogP contribution < -0.4 is 10.6 Å². The minimum absolute atomic E-state index is 0.0458. The van der Waals surface area contributed by atoms with E-state index in [-0.39, 0.29) is 17.7 Å². The molecule has 2 aliphatic rings. The molecule has 2 rings (SSSR count). The summed E-state index contributed by atoms with van der Waals surface area (Å²) in [6.45, 7) is 4.30. The fourth-order valence-electron chi connectivity index (χ4n) is 2.56. The van der Waals surface area contributed by atoms with Crippen molar-refractivity contribution >= 4 is 17.8 Å². The molecule has 2 saturated carbocycles. The molecule has 0 aliphatic heterocycles. The van der Waals surface area contributed by atoms with E-state index in [1.54, 1.807) is 13.8 Å². The number of hydrogen-bond acceptors (Lipinski definition) is 3. The summed E-state index contributed by atoms with van der Waals surface area (Å²) in [5, 5.41) is 14.4. The summed E-state index contributed by atoms with van der Waals surface area (Å²) >= 11 is 0. The molecule has 0 heterocycles. The van der Waals surface area contributed by atoms with Gasteiger partial charge in [0.25, 0.3) is 0 Å². The molecule has 2 fully saturated rings. The molecule has 0 aromatic carbocycles. The first kappa shape index (κ1) is 13.8. The van der Waals surface area contributed by atoms with Crippen molar-refractivity contribution in [3.05, 3.63) is 0 Å². The SMILES string of the molecule is CC1(C)C(C(=O)O)C1C(=O)NCCNC(=O)C1CC1. The molecule has 2 unspecified atom stereocenters. The van der Waals surface area contributed by atoms with Gasteiger partial charge in [0.1, 0.15) is 0 Å². The van der Waals surface area contributed by atoms with E-state index in [1.165, 1.54) is 0 Å². The summed E-state index contributed by atoms with van der Waals surface area (Å²) in [6, 6.07) is 0. The summed E-state index contributed by atoms with van der Waals surface area (Å²) in [4.78, 5) is 34.1. The van der Waals surface area contributed by atoms with Crippen molar-refractivity contribution < 1.29 is 19.5 Å². The smallest absolute Gasteiger partial charge is 0.307 e. The lowest BCUT2D eigenvalue weighted by molar-refractivity contribution is -0.140. The van der Waals surface area contributed by atoms with Crippen LogP contribution in [0.4, 0.5) is 0 Å². The molecule has 0 bridgehead atoms. The first-order valence-corrected chi connectivity index (χ1v) is 6.64. The van der Waals surface area contributed by atoms with Crippen molar-refractivity contribution in [1.82, 2.24) is 10.6 Å². The van der Waals surface area contributed by atoms with Crippen molar-refractivity contribution in [3.8, 4) is 0 Å². The van der Waals surface area contributed by atoms with Gasteiger partial charge >= 0.3 is 5.97 Å². The third kappa shape index (κ3) is 2.88. The van der Waals surface area contributed by atoms with Crippen LogP contribution in [0.15, 0.2) is 0 Å². The number of aliphatic carboxylic acids is 1. The van der Waals surface area contributed by atoms with Crippen LogP contribution in [0.3, 0.4) is 0 Å². The highest BCUT2D eigenvalue weighted by Gasteiger charge is 2.65. The minimum atomic E-state index is -0.924. The summed E-state index contributed by atoms with van der Waals surface area (Å²) in [7, 11) is 0. The average Bonchev–Trinajstić information content (AvgIpc) is 3.18. The van der Waals surface area contributed by atoms with Crippen LogP contribution in [0.1, 0.15) is 26.7 Å². The zero-order valence-corrected chi connectivity index (χ0v) is 11.2. The van der Waals surface area contributed by atoms with Crippen LogP contribution >= 0.6 is 0 Å². The van der Waals surface area contributed by atoms with Crippen LogP contribution in [0.2, 0.25) is 0 Å². The Morgan fingerprint density at radius 2 is 1.58 bits per heavy atom. The van der Waals surface area contributed by atoms with Gasteiger partial charge in [-0.2, -0.15) is 0 Å². The molecule has 3 N–H and O–H groups in total. The van der Waals surface area contributed by atoms with Gasteiger partial charge in [0.15, 0.2) is 0 Å². The predicted octanol–water partition coefficient (Wildman–Crippen LogP) is -0.0144. The van der Waals surface area contributed by atoms with Crippen LogP contribution in [0.5, 0.6) is 0 Å². The Kier molecular flexibility index (Phi) is 3.52. The Balaban J connectivity index is 1.67. The van der Waals surface area contributed by atoms with Gasteiger partial charge in [-0.3, -0.25) is 14.4 Å². The quantitative estimate of drug-likeness (QED) is 0.590. The highest BCUT2D eigenvalue weighted by Crippen LogP contribution is 2.58. The van der Waals surface area contributed by atoms with Crippen molar-refractivity contribution in [3.63, 3.8) is 0 Å². The average molecular weight is 268 g/mol. The minimum Gasteiger partial charge on any atom is -0.481 e. The zero-order chi connectivity index (χ0) is 14.2. The van der Waals surface area contributed by atoms with Gasteiger partial charge in [-0.25, -0.2) is 0 Å².